The predicted molar refractivity (Wildman–Crippen MR) is 82.0 cm³/mol. The van der Waals surface area contributed by atoms with Gasteiger partial charge in [-0.2, -0.15) is 4.80 Å². The van der Waals surface area contributed by atoms with Gasteiger partial charge in [0.05, 0.1) is 24.1 Å². The zero-order valence-corrected chi connectivity index (χ0v) is 12.3. The zero-order valence-electron chi connectivity index (χ0n) is 12.3. The van der Waals surface area contributed by atoms with E-state index in [1.807, 2.05) is 18.2 Å². The highest BCUT2D eigenvalue weighted by Crippen LogP contribution is 2.21. The number of nitro benzene ring substituents is 1. The van der Waals surface area contributed by atoms with Crippen LogP contribution in [0.15, 0.2) is 48.5 Å². The summed E-state index contributed by atoms with van der Waals surface area (Å²) in [6, 6.07) is 13.8. The highest BCUT2D eigenvalue weighted by atomic mass is 16.6. The molecule has 0 spiro atoms. The van der Waals surface area contributed by atoms with Crippen LogP contribution in [0.4, 0.5) is 5.69 Å². The van der Waals surface area contributed by atoms with Crippen LogP contribution in [0.3, 0.4) is 0 Å². The van der Waals surface area contributed by atoms with Gasteiger partial charge in [-0.25, -0.2) is 0 Å². The second kappa shape index (κ2) is 6.22. The van der Waals surface area contributed by atoms with E-state index in [0.717, 1.165) is 5.56 Å². The molecule has 0 amide bonds. The maximum atomic E-state index is 11.0. The molecule has 0 aliphatic heterocycles. The smallest absolute Gasteiger partial charge is 0.274 e. The van der Waals surface area contributed by atoms with E-state index in [2.05, 4.69) is 15.4 Å². The topological polar surface area (TPSA) is 96.0 Å². The summed E-state index contributed by atoms with van der Waals surface area (Å²) in [6.07, 6.45) is 0. The molecule has 0 aliphatic carbocycles. The number of nitrogens with zero attached hydrogens (tertiary/aromatic N) is 5. The lowest BCUT2D eigenvalue weighted by Gasteiger charge is -2.01. The van der Waals surface area contributed by atoms with E-state index in [1.54, 1.807) is 31.4 Å². The fourth-order valence-corrected chi connectivity index (χ4v) is 2.16. The monoisotopic (exact) mass is 311 g/mol. The molecular formula is C15H13N5O3. The van der Waals surface area contributed by atoms with Gasteiger partial charge in [-0.15, -0.1) is 10.2 Å². The van der Waals surface area contributed by atoms with Gasteiger partial charge in [-0.1, -0.05) is 30.3 Å². The molecule has 8 heteroatoms. The Balaban J connectivity index is 1.87. The standard InChI is InChI=1S/C15H13N5O3/c1-23-13-7-4-6-11(9-13)15-16-18-19(17-15)10-12-5-2-3-8-14(12)20(21)22/h2-9H,10H2,1H3. The number of aromatic nitrogens is 4. The average Bonchev–Trinajstić information content (AvgIpc) is 3.04. The van der Waals surface area contributed by atoms with Crippen molar-refractivity contribution in [3.05, 3.63) is 64.2 Å². The fraction of sp³-hybridized carbons (Fsp3) is 0.133. The van der Waals surface area contributed by atoms with E-state index in [4.69, 9.17) is 4.74 Å². The molecule has 2 aromatic carbocycles. The minimum atomic E-state index is -0.421. The van der Waals surface area contributed by atoms with E-state index < -0.39 is 4.92 Å². The van der Waals surface area contributed by atoms with E-state index >= 15 is 0 Å². The van der Waals surface area contributed by atoms with Crippen LogP contribution in [0.1, 0.15) is 5.56 Å². The summed E-state index contributed by atoms with van der Waals surface area (Å²) >= 11 is 0. The minimum absolute atomic E-state index is 0.0349. The number of methoxy groups -OCH3 is 1. The van der Waals surface area contributed by atoms with Crippen molar-refractivity contribution in [2.45, 2.75) is 6.54 Å². The van der Waals surface area contributed by atoms with Crippen LogP contribution in [-0.2, 0) is 6.54 Å². The van der Waals surface area contributed by atoms with Crippen molar-refractivity contribution in [3.8, 4) is 17.1 Å². The Kier molecular flexibility index (Phi) is 3.96. The number of hydrogen-bond acceptors (Lipinski definition) is 6. The van der Waals surface area contributed by atoms with Gasteiger partial charge in [-0.3, -0.25) is 10.1 Å². The first-order valence-corrected chi connectivity index (χ1v) is 6.82. The summed E-state index contributed by atoms with van der Waals surface area (Å²) < 4.78 is 5.16. The Morgan fingerprint density at radius 2 is 2.04 bits per heavy atom. The Labute approximate surface area is 131 Å². The van der Waals surface area contributed by atoms with Gasteiger partial charge in [0.1, 0.15) is 5.75 Å². The van der Waals surface area contributed by atoms with Gasteiger partial charge in [0, 0.05) is 11.6 Å². The highest BCUT2D eigenvalue weighted by molar-refractivity contribution is 5.56. The minimum Gasteiger partial charge on any atom is -0.497 e. The van der Waals surface area contributed by atoms with Gasteiger partial charge < -0.3 is 4.74 Å². The lowest BCUT2D eigenvalue weighted by atomic mass is 10.2. The third-order valence-corrected chi connectivity index (χ3v) is 3.28. The molecule has 0 saturated carbocycles. The molecule has 0 saturated heterocycles. The first kappa shape index (κ1) is 14.6. The number of para-hydroxylation sites is 1. The summed E-state index contributed by atoms with van der Waals surface area (Å²) in [5.74, 6) is 1.13. The Morgan fingerprint density at radius 1 is 1.22 bits per heavy atom. The SMILES string of the molecule is COc1cccc(-c2nnn(Cc3ccccc3[N+](=O)[O-])n2)c1. The summed E-state index contributed by atoms with van der Waals surface area (Å²) in [5, 5.41) is 23.2. The van der Waals surface area contributed by atoms with Crippen LogP contribution in [0.5, 0.6) is 5.75 Å². The summed E-state index contributed by atoms with van der Waals surface area (Å²) in [6.45, 7) is 0.175. The molecule has 0 fully saturated rings. The third-order valence-electron chi connectivity index (χ3n) is 3.28. The molecule has 0 atom stereocenters. The van der Waals surface area contributed by atoms with E-state index in [1.165, 1.54) is 10.9 Å². The van der Waals surface area contributed by atoms with Crippen molar-refractivity contribution in [2.24, 2.45) is 0 Å². The zero-order chi connectivity index (χ0) is 16.2. The second-order valence-corrected chi connectivity index (χ2v) is 4.76. The van der Waals surface area contributed by atoms with Gasteiger partial charge >= 0.3 is 0 Å². The normalized spacial score (nSPS) is 10.5. The Bertz CT molecular complexity index is 846. The Morgan fingerprint density at radius 3 is 2.83 bits per heavy atom. The van der Waals surface area contributed by atoms with Crippen molar-refractivity contribution in [1.82, 2.24) is 20.2 Å². The molecule has 0 unspecified atom stereocenters. The fourth-order valence-electron chi connectivity index (χ4n) is 2.16. The highest BCUT2D eigenvalue weighted by Gasteiger charge is 2.14. The summed E-state index contributed by atoms with van der Waals surface area (Å²) in [7, 11) is 1.58. The van der Waals surface area contributed by atoms with Crippen molar-refractivity contribution in [3.63, 3.8) is 0 Å². The van der Waals surface area contributed by atoms with Crippen molar-refractivity contribution in [2.75, 3.05) is 7.11 Å². The molecule has 3 rings (SSSR count). The summed E-state index contributed by atoms with van der Waals surface area (Å²) in [4.78, 5) is 11.9. The molecular weight excluding hydrogens is 298 g/mol. The number of nitro groups is 1. The van der Waals surface area contributed by atoms with Gasteiger partial charge in [0.25, 0.3) is 5.69 Å². The Hall–Kier alpha value is -3.29. The van der Waals surface area contributed by atoms with Crippen molar-refractivity contribution < 1.29 is 9.66 Å². The largest absolute Gasteiger partial charge is 0.497 e. The first-order valence-electron chi connectivity index (χ1n) is 6.82. The average molecular weight is 311 g/mol. The number of rotatable bonds is 5. The van der Waals surface area contributed by atoms with Gasteiger partial charge in [0.15, 0.2) is 0 Å². The maximum Gasteiger partial charge on any atom is 0.274 e. The molecule has 0 bridgehead atoms. The molecule has 23 heavy (non-hydrogen) atoms. The van der Waals surface area contributed by atoms with Crippen LogP contribution in [0, 0.1) is 10.1 Å². The lowest BCUT2D eigenvalue weighted by Crippen LogP contribution is -2.06. The number of hydrogen-bond donors (Lipinski definition) is 0. The summed E-state index contributed by atoms with van der Waals surface area (Å²) in [5.41, 5.74) is 1.32. The van der Waals surface area contributed by atoms with Crippen LogP contribution in [0.2, 0.25) is 0 Å². The van der Waals surface area contributed by atoms with E-state index in [-0.39, 0.29) is 12.2 Å². The quantitative estimate of drug-likeness (QED) is 0.530. The van der Waals surface area contributed by atoms with Crippen LogP contribution in [0.25, 0.3) is 11.4 Å². The van der Waals surface area contributed by atoms with Gasteiger partial charge in [0.2, 0.25) is 5.82 Å². The lowest BCUT2D eigenvalue weighted by molar-refractivity contribution is -0.385. The molecule has 1 aromatic heterocycles. The van der Waals surface area contributed by atoms with E-state index in [0.29, 0.717) is 17.1 Å². The molecule has 1 heterocycles. The predicted octanol–water partition coefficient (Wildman–Crippen LogP) is 2.31. The van der Waals surface area contributed by atoms with Crippen LogP contribution < -0.4 is 4.74 Å². The maximum absolute atomic E-state index is 11.0. The van der Waals surface area contributed by atoms with Crippen molar-refractivity contribution in [1.29, 1.82) is 0 Å². The van der Waals surface area contributed by atoms with E-state index in [9.17, 15) is 10.1 Å². The second-order valence-electron chi connectivity index (χ2n) is 4.76. The molecule has 0 aliphatic rings. The number of ether oxygens (including phenoxy) is 1. The van der Waals surface area contributed by atoms with Crippen LogP contribution >= 0.6 is 0 Å². The molecule has 0 N–H and O–H groups in total. The number of benzene rings is 2. The molecule has 3 aromatic rings. The molecule has 8 nitrogen and oxygen atoms in total. The van der Waals surface area contributed by atoms with Crippen molar-refractivity contribution >= 4 is 5.69 Å². The molecule has 116 valence electrons. The van der Waals surface area contributed by atoms with Crippen LogP contribution in [-0.4, -0.2) is 32.2 Å². The third kappa shape index (κ3) is 3.15. The molecule has 0 radical (unpaired) electrons. The first-order chi connectivity index (χ1) is 11.2. The van der Waals surface area contributed by atoms with Gasteiger partial charge in [-0.05, 0) is 17.3 Å². The number of tetrazole rings is 1.